The first-order valence-electron chi connectivity index (χ1n) is 12.7. The fourth-order valence-electron chi connectivity index (χ4n) is 4.93. The maximum absolute atomic E-state index is 13.1. The van der Waals surface area contributed by atoms with Gasteiger partial charge < -0.3 is 9.47 Å². The van der Waals surface area contributed by atoms with Crippen LogP contribution in [0.25, 0.3) is 0 Å². The van der Waals surface area contributed by atoms with E-state index in [0.717, 1.165) is 9.37 Å². The standard InChI is InChI=1S/C31H24BrNO7/c1-18-4-2-7-25-27(18)29(36)33(28(25)35)23-6-3-5-21(16-23)30(37)39-17-26(34)19-10-14-24(15-11-19)40-31(38)20-8-12-22(32)13-9-20/h2-6,8-16,18,25,27H,7,17H2,1H3. The van der Waals surface area contributed by atoms with Gasteiger partial charge in [-0.05, 0) is 79.1 Å². The van der Waals surface area contributed by atoms with Gasteiger partial charge in [0.05, 0.1) is 28.7 Å². The monoisotopic (exact) mass is 601 g/mol. The van der Waals surface area contributed by atoms with Gasteiger partial charge in [0.2, 0.25) is 11.8 Å². The number of ether oxygens (including phenoxy) is 2. The summed E-state index contributed by atoms with van der Waals surface area (Å²) in [5, 5.41) is 0. The largest absolute Gasteiger partial charge is 0.454 e. The van der Waals surface area contributed by atoms with Crippen LogP contribution in [0.3, 0.4) is 0 Å². The molecule has 5 rings (SSSR count). The second-order valence-corrected chi connectivity index (χ2v) is 10.6. The topological polar surface area (TPSA) is 107 Å². The number of Topliss-reactive ketones (excluding diaryl/α,β-unsaturated/α-hetero) is 1. The lowest BCUT2D eigenvalue weighted by Crippen LogP contribution is -2.31. The summed E-state index contributed by atoms with van der Waals surface area (Å²) in [7, 11) is 0. The quantitative estimate of drug-likeness (QED) is 0.117. The van der Waals surface area contributed by atoms with Crippen molar-refractivity contribution in [1.29, 1.82) is 0 Å². The highest BCUT2D eigenvalue weighted by molar-refractivity contribution is 9.10. The maximum Gasteiger partial charge on any atom is 0.343 e. The third kappa shape index (κ3) is 5.51. The van der Waals surface area contributed by atoms with Crippen LogP contribution in [0.15, 0.2) is 89.4 Å². The number of halogens is 1. The van der Waals surface area contributed by atoms with Crippen LogP contribution in [0.4, 0.5) is 5.69 Å². The van der Waals surface area contributed by atoms with Crippen molar-refractivity contribution in [2.75, 3.05) is 11.5 Å². The highest BCUT2D eigenvalue weighted by Crippen LogP contribution is 2.40. The smallest absolute Gasteiger partial charge is 0.343 e. The summed E-state index contributed by atoms with van der Waals surface area (Å²) in [6.07, 6.45) is 4.38. The number of hydrogen-bond donors (Lipinski definition) is 0. The van der Waals surface area contributed by atoms with Crippen molar-refractivity contribution in [3.8, 4) is 5.75 Å². The van der Waals surface area contributed by atoms with Gasteiger partial charge in [0, 0.05) is 10.0 Å². The molecule has 40 heavy (non-hydrogen) atoms. The number of benzene rings is 3. The van der Waals surface area contributed by atoms with Crippen molar-refractivity contribution < 1.29 is 33.4 Å². The second kappa shape index (κ2) is 11.4. The number of carbonyl (C=O) groups excluding carboxylic acids is 5. The van der Waals surface area contributed by atoms with E-state index in [4.69, 9.17) is 9.47 Å². The lowest BCUT2D eigenvalue weighted by molar-refractivity contribution is -0.122. The normalized spacial score (nSPS) is 19.8. The molecule has 0 radical (unpaired) electrons. The molecule has 3 unspecified atom stereocenters. The third-order valence-electron chi connectivity index (χ3n) is 7.01. The molecule has 2 amide bonds. The van der Waals surface area contributed by atoms with Crippen LogP contribution in [-0.4, -0.2) is 36.1 Å². The highest BCUT2D eigenvalue weighted by atomic mass is 79.9. The number of amides is 2. The molecule has 3 aromatic rings. The number of nitrogens with zero attached hydrogens (tertiary/aromatic N) is 1. The Kier molecular flexibility index (Phi) is 7.75. The molecule has 8 nitrogen and oxygen atoms in total. The Morgan fingerprint density at radius 1 is 0.875 bits per heavy atom. The van der Waals surface area contributed by atoms with Crippen molar-refractivity contribution in [1.82, 2.24) is 0 Å². The fraction of sp³-hybridized carbons (Fsp3) is 0.194. The van der Waals surface area contributed by atoms with Crippen LogP contribution in [0.2, 0.25) is 0 Å². The van der Waals surface area contributed by atoms with Gasteiger partial charge in [-0.25, -0.2) is 9.59 Å². The van der Waals surface area contributed by atoms with Crippen LogP contribution in [0, 0.1) is 17.8 Å². The molecule has 1 saturated heterocycles. The fourth-order valence-corrected chi connectivity index (χ4v) is 5.20. The Labute approximate surface area is 238 Å². The number of imide groups is 1. The van der Waals surface area contributed by atoms with Gasteiger partial charge in [0.15, 0.2) is 12.4 Å². The molecule has 0 N–H and O–H groups in total. The van der Waals surface area contributed by atoms with E-state index in [-0.39, 0.29) is 34.6 Å². The van der Waals surface area contributed by atoms with Crippen LogP contribution in [0.5, 0.6) is 5.75 Å². The maximum atomic E-state index is 13.1. The molecule has 0 aromatic heterocycles. The molecule has 3 atom stereocenters. The van der Waals surface area contributed by atoms with Crippen LogP contribution in [-0.2, 0) is 14.3 Å². The molecule has 0 bridgehead atoms. The number of anilines is 1. The minimum Gasteiger partial charge on any atom is -0.454 e. The molecule has 9 heteroatoms. The molecule has 0 saturated carbocycles. The molecule has 1 heterocycles. The summed E-state index contributed by atoms with van der Waals surface area (Å²) in [6.45, 7) is 1.40. The van der Waals surface area contributed by atoms with E-state index in [1.165, 1.54) is 36.4 Å². The zero-order valence-electron chi connectivity index (χ0n) is 21.4. The lowest BCUT2D eigenvalue weighted by atomic mass is 9.78. The van der Waals surface area contributed by atoms with Crippen LogP contribution < -0.4 is 9.64 Å². The predicted octanol–water partition coefficient (Wildman–Crippen LogP) is 5.41. The minimum absolute atomic E-state index is 0.0491. The molecule has 1 fully saturated rings. The van der Waals surface area contributed by atoms with E-state index < -0.39 is 36.2 Å². The van der Waals surface area contributed by atoms with Crippen molar-refractivity contribution in [3.63, 3.8) is 0 Å². The van der Waals surface area contributed by atoms with E-state index in [1.807, 2.05) is 19.1 Å². The van der Waals surface area contributed by atoms with Crippen LogP contribution in [0.1, 0.15) is 44.4 Å². The molecular formula is C31H24BrNO7. The first-order chi connectivity index (χ1) is 19.2. The van der Waals surface area contributed by atoms with Gasteiger partial charge in [-0.3, -0.25) is 19.3 Å². The molecule has 3 aromatic carbocycles. The first kappa shape index (κ1) is 27.2. The number of esters is 2. The Balaban J connectivity index is 1.19. The number of allylic oxidation sites excluding steroid dienone is 2. The summed E-state index contributed by atoms with van der Waals surface area (Å²) >= 11 is 3.31. The summed E-state index contributed by atoms with van der Waals surface area (Å²) in [5.41, 5.74) is 1.05. The van der Waals surface area contributed by atoms with Gasteiger partial charge in [-0.15, -0.1) is 0 Å². The van der Waals surface area contributed by atoms with Crippen molar-refractivity contribution >= 4 is 51.2 Å². The summed E-state index contributed by atoms with van der Waals surface area (Å²) in [6, 6.07) is 18.7. The number of rotatable bonds is 7. The van der Waals surface area contributed by atoms with E-state index in [2.05, 4.69) is 15.9 Å². The average Bonchev–Trinajstić information content (AvgIpc) is 3.22. The average molecular weight is 602 g/mol. The van der Waals surface area contributed by atoms with E-state index in [9.17, 15) is 24.0 Å². The summed E-state index contributed by atoms with van der Waals surface area (Å²) < 4.78 is 11.4. The van der Waals surface area contributed by atoms with Gasteiger partial charge >= 0.3 is 11.9 Å². The molecule has 0 spiro atoms. The van der Waals surface area contributed by atoms with Gasteiger partial charge in [0.1, 0.15) is 5.75 Å². The van der Waals surface area contributed by atoms with Crippen molar-refractivity contribution in [3.05, 3.63) is 106 Å². The third-order valence-corrected chi connectivity index (χ3v) is 7.54. The number of hydrogen-bond acceptors (Lipinski definition) is 7. The SMILES string of the molecule is CC1C=CCC2C(=O)N(c3cccc(C(=O)OCC(=O)c4ccc(OC(=O)c5ccc(Br)cc5)cc4)c3)C(=O)C12. The molecule has 1 aliphatic heterocycles. The Hall–Kier alpha value is -4.37. The van der Waals surface area contributed by atoms with E-state index >= 15 is 0 Å². The Morgan fingerprint density at radius 2 is 1.57 bits per heavy atom. The van der Waals surface area contributed by atoms with Gasteiger partial charge in [-0.1, -0.05) is 41.1 Å². The summed E-state index contributed by atoms with van der Waals surface area (Å²) in [5.74, 6) is -2.92. The van der Waals surface area contributed by atoms with Crippen molar-refractivity contribution in [2.24, 2.45) is 17.8 Å². The molecule has 1 aliphatic carbocycles. The Morgan fingerprint density at radius 3 is 2.27 bits per heavy atom. The number of fused-ring (bicyclic) bond motifs is 1. The first-order valence-corrected chi connectivity index (χ1v) is 13.4. The zero-order chi connectivity index (χ0) is 28.4. The molecule has 202 valence electrons. The zero-order valence-corrected chi connectivity index (χ0v) is 23.0. The highest BCUT2D eigenvalue weighted by Gasteiger charge is 2.50. The lowest BCUT2D eigenvalue weighted by Gasteiger charge is -2.22. The number of carbonyl (C=O) groups is 5. The second-order valence-electron chi connectivity index (χ2n) is 9.64. The number of ketones is 1. The molecular weight excluding hydrogens is 578 g/mol. The van der Waals surface area contributed by atoms with Gasteiger partial charge in [-0.2, -0.15) is 0 Å². The Bertz CT molecular complexity index is 1530. The van der Waals surface area contributed by atoms with E-state index in [0.29, 0.717) is 17.7 Å². The minimum atomic E-state index is -0.762. The van der Waals surface area contributed by atoms with Crippen LogP contribution >= 0.6 is 15.9 Å². The van der Waals surface area contributed by atoms with Gasteiger partial charge in [0.25, 0.3) is 0 Å². The van der Waals surface area contributed by atoms with E-state index in [1.54, 1.807) is 36.4 Å². The van der Waals surface area contributed by atoms with Crippen molar-refractivity contribution in [2.45, 2.75) is 13.3 Å². The summed E-state index contributed by atoms with van der Waals surface area (Å²) in [4.78, 5) is 64.8. The predicted molar refractivity (Wildman–Crippen MR) is 149 cm³/mol. The molecule has 2 aliphatic rings.